The summed E-state index contributed by atoms with van der Waals surface area (Å²) in [7, 11) is 2.72. The van der Waals surface area contributed by atoms with Gasteiger partial charge in [0.25, 0.3) is 5.91 Å². The van der Waals surface area contributed by atoms with Crippen molar-refractivity contribution in [2.24, 2.45) is 0 Å². The first-order valence-corrected chi connectivity index (χ1v) is 6.51. The van der Waals surface area contributed by atoms with Crippen molar-refractivity contribution in [3.05, 3.63) is 40.2 Å². The highest BCUT2D eigenvalue weighted by Gasteiger charge is 2.18. The molecule has 2 rings (SSSR count). The lowest BCUT2D eigenvalue weighted by Crippen LogP contribution is -2.15. The van der Waals surface area contributed by atoms with Gasteiger partial charge in [0, 0.05) is 6.20 Å². The van der Waals surface area contributed by atoms with E-state index in [1.54, 1.807) is 23.6 Å². The van der Waals surface area contributed by atoms with Gasteiger partial charge in [0.05, 0.1) is 19.9 Å². The van der Waals surface area contributed by atoms with Gasteiger partial charge in [-0.2, -0.15) is 0 Å². The van der Waals surface area contributed by atoms with E-state index in [2.05, 4.69) is 15.0 Å². The minimum absolute atomic E-state index is 0.222. The molecule has 7 heteroatoms. The highest BCUT2D eigenvalue weighted by Crippen LogP contribution is 2.24. The average Bonchev–Trinajstić information content (AvgIpc) is 2.94. The van der Waals surface area contributed by atoms with Gasteiger partial charge in [-0.15, -0.1) is 11.3 Å². The maximum atomic E-state index is 12.2. The van der Waals surface area contributed by atoms with Crippen LogP contribution in [0.3, 0.4) is 0 Å². The molecule has 0 spiro atoms. The van der Waals surface area contributed by atoms with Crippen molar-refractivity contribution in [1.29, 1.82) is 0 Å². The van der Waals surface area contributed by atoms with E-state index in [0.717, 1.165) is 0 Å². The van der Waals surface area contributed by atoms with E-state index in [1.165, 1.54) is 31.8 Å². The summed E-state index contributed by atoms with van der Waals surface area (Å²) >= 11 is 1.19. The van der Waals surface area contributed by atoms with Crippen molar-refractivity contribution in [3.63, 3.8) is 0 Å². The molecule has 0 saturated carbocycles. The van der Waals surface area contributed by atoms with E-state index >= 15 is 0 Å². The molecule has 0 aliphatic carbocycles. The van der Waals surface area contributed by atoms with Crippen LogP contribution in [0, 0.1) is 0 Å². The Morgan fingerprint density at radius 3 is 2.80 bits per heavy atom. The summed E-state index contributed by atoms with van der Waals surface area (Å²) in [6, 6.07) is 4.86. The van der Waals surface area contributed by atoms with Crippen molar-refractivity contribution in [2.45, 2.75) is 0 Å². The molecule has 1 N–H and O–H groups in total. The standard InChI is InChI=1S/C13H12N2O4S/c1-18-12-8(4-3-6-14-12)11(16)15-9-5-7-20-10(9)13(17)19-2/h3-7H,1-2H3,(H,15,16). The predicted molar refractivity (Wildman–Crippen MR) is 74.4 cm³/mol. The van der Waals surface area contributed by atoms with E-state index in [0.29, 0.717) is 10.6 Å². The predicted octanol–water partition coefficient (Wildman–Crippen LogP) is 2.19. The first-order valence-electron chi connectivity index (χ1n) is 5.63. The van der Waals surface area contributed by atoms with Crippen LogP contribution in [0.25, 0.3) is 0 Å². The molecule has 6 nitrogen and oxygen atoms in total. The van der Waals surface area contributed by atoms with Gasteiger partial charge in [-0.1, -0.05) is 0 Å². The van der Waals surface area contributed by atoms with Gasteiger partial charge in [-0.05, 0) is 23.6 Å². The quantitative estimate of drug-likeness (QED) is 0.874. The lowest BCUT2D eigenvalue weighted by molar-refractivity contribution is 0.0607. The Kier molecular flexibility index (Phi) is 4.31. The maximum Gasteiger partial charge on any atom is 0.350 e. The number of nitrogens with one attached hydrogen (secondary N) is 1. The number of methoxy groups -OCH3 is 2. The lowest BCUT2D eigenvalue weighted by Gasteiger charge is -2.08. The number of hydrogen-bond donors (Lipinski definition) is 1. The fourth-order valence-electron chi connectivity index (χ4n) is 1.57. The number of carbonyl (C=O) groups is 2. The minimum Gasteiger partial charge on any atom is -0.480 e. The van der Waals surface area contributed by atoms with Crippen LogP contribution in [-0.2, 0) is 4.74 Å². The summed E-state index contributed by atoms with van der Waals surface area (Å²) in [6.45, 7) is 0. The van der Waals surface area contributed by atoms with Gasteiger partial charge in [-0.3, -0.25) is 4.79 Å². The Balaban J connectivity index is 2.24. The third kappa shape index (κ3) is 2.77. The summed E-state index contributed by atoms with van der Waals surface area (Å²) in [4.78, 5) is 28.0. The molecule has 0 aliphatic heterocycles. The summed E-state index contributed by atoms with van der Waals surface area (Å²) in [6.07, 6.45) is 1.53. The van der Waals surface area contributed by atoms with Crippen molar-refractivity contribution in [2.75, 3.05) is 19.5 Å². The number of nitrogens with zero attached hydrogens (tertiary/aromatic N) is 1. The zero-order valence-corrected chi connectivity index (χ0v) is 11.7. The molecule has 0 atom stereocenters. The smallest absolute Gasteiger partial charge is 0.350 e. The molecule has 0 aromatic carbocycles. The number of rotatable bonds is 4. The Labute approximate surface area is 119 Å². The second-order valence-corrected chi connectivity index (χ2v) is 4.59. The summed E-state index contributed by atoms with van der Waals surface area (Å²) < 4.78 is 9.67. The van der Waals surface area contributed by atoms with Crippen molar-refractivity contribution in [3.8, 4) is 5.88 Å². The molecule has 0 radical (unpaired) electrons. The number of anilines is 1. The van der Waals surface area contributed by atoms with Gasteiger partial charge in [-0.25, -0.2) is 9.78 Å². The normalized spacial score (nSPS) is 9.90. The summed E-state index contributed by atoms with van der Waals surface area (Å²) in [5, 5.41) is 4.34. The van der Waals surface area contributed by atoms with Crippen LogP contribution in [0.2, 0.25) is 0 Å². The largest absolute Gasteiger partial charge is 0.480 e. The van der Waals surface area contributed by atoms with Crippen LogP contribution in [0.1, 0.15) is 20.0 Å². The number of ether oxygens (including phenoxy) is 2. The van der Waals surface area contributed by atoms with E-state index in [4.69, 9.17) is 4.74 Å². The number of amides is 1. The summed E-state index contributed by atoms with van der Waals surface area (Å²) in [5.74, 6) is -0.674. The number of carbonyl (C=O) groups excluding carboxylic acids is 2. The highest BCUT2D eigenvalue weighted by molar-refractivity contribution is 7.12. The zero-order chi connectivity index (χ0) is 14.5. The molecule has 1 amide bonds. The molecular weight excluding hydrogens is 280 g/mol. The Bertz CT molecular complexity index is 639. The lowest BCUT2D eigenvalue weighted by atomic mass is 10.2. The number of thiophene rings is 1. The fourth-order valence-corrected chi connectivity index (χ4v) is 2.34. The van der Waals surface area contributed by atoms with E-state index in [-0.39, 0.29) is 11.4 Å². The van der Waals surface area contributed by atoms with Crippen LogP contribution in [-0.4, -0.2) is 31.1 Å². The molecule has 0 saturated heterocycles. The second-order valence-electron chi connectivity index (χ2n) is 3.67. The van der Waals surface area contributed by atoms with Gasteiger partial charge >= 0.3 is 5.97 Å². The van der Waals surface area contributed by atoms with E-state index in [9.17, 15) is 9.59 Å². The topological polar surface area (TPSA) is 77.5 Å². The van der Waals surface area contributed by atoms with E-state index in [1.807, 2.05) is 0 Å². The molecule has 0 bridgehead atoms. The fraction of sp³-hybridized carbons (Fsp3) is 0.154. The SMILES string of the molecule is COC(=O)c1sccc1NC(=O)c1cccnc1OC. The highest BCUT2D eigenvalue weighted by atomic mass is 32.1. The van der Waals surface area contributed by atoms with Crippen LogP contribution >= 0.6 is 11.3 Å². The van der Waals surface area contributed by atoms with Gasteiger partial charge in [0.2, 0.25) is 5.88 Å². The third-order valence-electron chi connectivity index (χ3n) is 2.49. The molecule has 104 valence electrons. The van der Waals surface area contributed by atoms with E-state index < -0.39 is 11.9 Å². The van der Waals surface area contributed by atoms with Crippen LogP contribution in [0.5, 0.6) is 5.88 Å². The van der Waals surface area contributed by atoms with Crippen molar-refractivity contribution >= 4 is 28.9 Å². The minimum atomic E-state index is -0.492. The number of aromatic nitrogens is 1. The van der Waals surface area contributed by atoms with Crippen LogP contribution < -0.4 is 10.1 Å². The maximum absolute atomic E-state index is 12.2. The molecular formula is C13H12N2O4S. The van der Waals surface area contributed by atoms with Gasteiger partial charge in [0.1, 0.15) is 10.4 Å². The van der Waals surface area contributed by atoms with Crippen molar-refractivity contribution < 1.29 is 19.1 Å². The molecule has 0 aliphatic rings. The third-order valence-corrected chi connectivity index (χ3v) is 3.39. The number of pyridine rings is 1. The van der Waals surface area contributed by atoms with Crippen molar-refractivity contribution in [1.82, 2.24) is 4.98 Å². The van der Waals surface area contributed by atoms with Crippen LogP contribution in [0.15, 0.2) is 29.8 Å². The molecule has 2 heterocycles. The molecule has 2 aromatic heterocycles. The molecule has 0 unspecified atom stereocenters. The molecule has 2 aromatic rings. The Morgan fingerprint density at radius 1 is 1.30 bits per heavy atom. The summed E-state index contributed by atoms with van der Waals surface area (Å²) in [5.41, 5.74) is 0.690. The van der Waals surface area contributed by atoms with Gasteiger partial charge in [0.15, 0.2) is 0 Å². The van der Waals surface area contributed by atoms with Crippen LogP contribution in [0.4, 0.5) is 5.69 Å². The first kappa shape index (κ1) is 14.0. The molecule has 20 heavy (non-hydrogen) atoms. The van der Waals surface area contributed by atoms with Gasteiger partial charge < -0.3 is 14.8 Å². The zero-order valence-electron chi connectivity index (χ0n) is 10.9. The number of hydrogen-bond acceptors (Lipinski definition) is 6. The Morgan fingerprint density at radius 2 is 2.10 bits per heavy atom. The monoisotopic (exact) mass is 292 g/mol. The average molecular weight is 292 g/mol. The molecule has 0 fully saturated rings. The number of esters is 1. The first-order chi connectivity index (χ1) is 9.67. The Hall–Kier alpha value is -2.41. The second kappa shape index (κ2) is 6.16.